The molecule has 0 atom stereocenters. The number of carbonyl (C=O) groups excluding carboxylic acids is 2. The van der Waals surface area contributed by atoms with Crippen LogP contribution in [0.2, 0.25) is 5.02 Å². The first-order valence-corrected chi connectivity index (χ1v) is 9.84. The maximum atomic E-state index is 12.2. The normalized spacial score (nSPS) is 11.7. The predicted molar refractivity (Wildman–Crippen MR) is 103 cm³/mol. The Labute approximate surface area is 163 Å². The molecule has 0 spiro atoms. The number of benzene rings is 2. The molecular weight excluding hydrogens is 390 g/mol. The van der Waals surface area contributed by atoms with Crippen molar-refractivity contribution in [3.8, 4) is 0 Å². The van der Waals surface area contributed by atoms with Crippen LogP contribution in [-0.2, 0) is 10.0 Å². The highest BCUT2D eigenvalue weighted by atomic mass is 35.5. The van der Waals surface area contributed by atoms with Crippen molar-refractivity contribution in [3.63, 3.8) is 0 Å². The standard InChI is InChI=1S/C18H20ClN3O4S/c1-18(2,3)22-27(25,26)15-10-6-13(7-11-15)17(24)21-20-16(23)12-4-8-14(19)9-5-12/h4-11,22H,1-3H3,(H,20,23)(H,21,24). The van der Waals surface area contributed by atoms with Gasteiger partial charge in [-0.25, -0.2) is 13.1 Å². The van der Waals surface area contributed by atoms with E-state index in [0.29, 0.717) is 10.6 Å². The first-order valence-electron chi connectivity index (χ1n) is 7.98. The summed E-state index contributed by atoms with van der Waals surface area (Å²) in [5.74, 6) is -1.08. The molecule has 0 aliphatic heterocycles. The average Bonchev–Trinajstić information content (AvgIpc) is 2.58. The maximum Gasteiger partial charge on any atom is 0.269 e. The van der Waals surface area contributed by atoms with Crippen molar-refractivity contribution in [3.05, 3.63) is 64.7 Å². The molecule has 0 fully saturated rings. The molecule has 144 valence electrons. The van der Waals surface area contributed by atoms with E-state index in [1.54, 1.807) is 32.9 Å². The van der Waals surface area contributed by atoms with Gasteiger partial charge in [0.2, 0.25) is 10.0 Å². The van der Waals surface area contributed by atoms with Crippen molar-refractivity contribution >= 4 is 33.4 Å². The summed E-state index contributed by atoms with van der Waals surface area (Å²) in [6.07, 6.45) is 0. The van der Waals surface area contributed by atoms with Gasteiger partial charge in [-0.1, -0.05) is 11.6 Å². The Kier molecular flexibility index (Phi) is 6.25. The van der Waals surface area contributed by atoms with Gasteiger partial charge in [-0.15, -0.1) is 0 Å². The lowest BCUT2D eigenvalue weighted by Crippen LogP contribution is -2.41. The predicted octanol–water partition coefficient (Wildman–Crippen LogP) is 2.49. The number of halogens is 1. The van der Waals surface area contributed by atoms with Crippen molar-refractivity contribution in [2.75, 3.05) is 0 Å². The van der Waals surface area contributed by atoms with Gasteiger partial charge in [-0.05, 0) is 69.3 Å². The van der Waals surface area contributed by atoms with E-state index >= 15 is 0 Å². The van der Waals surface area contributed by atoms with Gasteiger partial charge in [-0.3, -0.25) is 20.4 Å². The third-order valence-electron chi connectivity index (χ3n) is 3.26. The second-order valence-corrected chi connectivity index (χ2v) is 8.91. The summed E-state index contributed by atoms with van der Waals surface area (Å²) < 4.78 is 27.0. The summed E-state index contributed by atoms with van der Waals surface area (Å²) in [6, 6.07) is 11.5. The molecule has 0 radical (unpaired) electrons. The van der Waals surface area contributed by atoms with Crippen molar-refractivity contribution in [1.82, 2.24) is 15.6 Å². The zero-order valence-electron chi connectivity index (χ0n) is 15.0. The van der Waals surface area contributed by atoms with E-state index in [1.807, 2.05) is 0 Å². The van der Waals surface area contributed by atoms with Crippen LogP contribution in [0.15, 0.2) is 53.4 Å². The number of rotatable bonds is 4. The van der Waals surface area contributed by atoms with E-state index < -0.39 is 27.4 Å². The van der Waals surface area contributed by atoms with E-state index in [2.05, 4.69) is 15.6 Å². The number of amides is 2. The van der Waals surface area contributed by atoms with Crippen molar-refractivity contribution < 1.29 is 18.0 Å². The number of sulfonamides is 1. The second-order valence-electron chi connectivity index (χ2n) is 6.80. The van der Waals surface area contributed by atoms with E-state index in [1.165, 1.54) is 36.4 Å². The van der Waals surface area contributed by atoms with Gasteiger partial charge >= 0.3 is 0 Å². The number of hydrogen-bond donors (Lipinski definition) is 3. The largest absolute Gasteiger partial charge is 0.269 e. The number of carbonyl (C=O) groups is 2. The van der Waals surface area contributed by atoms with Crippen LogP contribution in [0.4, 0.5) is 0 Å². The van der Waals surface area contributed by atoms with Crippen LogP contribution in [-0.4, -0.2) is 25.8 Å². The molecule has 7 nitrogen and oxygen atoms in total. The molecular formula is C18H20ClN3O4S. The van der Waals surface area contributed by atoms with Crippen LogP contribution in [0.5, 0.6) is 0 Å². The zero-order chi connectivity index (χ0) is 20.2. The molecule has 0 bridgehead atoms. The van der Waals surface area contributed by atoms with Crippen molar-refractivity contribution in [2.45, 2.75) is 31.2 Å². The molecule has 27 heavy (non-hydrogen) atoms. The third kappa shape index (κ3) is 6.06. The van der Waals surface area contributed by atoms with E-state index in [-0.39, 0.29) is 10.5 Å². The first-order chi connectivity index (χ1) is 12.5. The number of hydrazine groups is 1. The van der Waals surface area contributed by atoms with Gasteiger partial charge in [0.05, 0.1) is 4.90 Å². The minimum Gasteiger partial charge on any atom is -0.267 e. The molecule has 0 aliphatic rings. The van der Waals surface area contributed by atoms with Crippen LogP contribution in [0, 0.1) is 0 Å². The quantitative estimate of drug-likeness (QED) is 0.674. The van der Waals surface area contributed by atoms with Crippen LogP contribution >= 0.6 is 11.6 Å². The van der Waals surface area contributed by atoms with Crippen molar-refractivity contribution in [1.29, 1.82) is 0 Å². The summed E-state index contributed by atoms with van der Waals surface area (Å²) in [4.78, 5) is 24.1. The van der Waals surface area contributed by atoms with E-state index in [9.17, 15) is 18.0 Å². The van der Waals surface area contributed by atoms with Crippen molar-refractivity contribution in [2.24, 2.45) is 0 Å². The summed E-state index contributed by atoms with van der Waals surface area (Å²) in [5, 5.41) is 0.492. The summed E-state index contributed by atoms with van der Waals surface area (Å²) in [6.45, 7) is 5.20. The summed E-state index contributed by atoms with van der Waals surface area (Å²) in [5.41, 5.74) is 4.45. The number of hydrogen-bond acceptors (Lipinski definition) is 4. The fraction of sp³-hybridized carbons (Fsp3) is 0.222. The van der Waals surface area contributed by atoms with Crippen LogP contribution in [0.3, 0.4) is 0 Å². The lowest BCUT2D eigenvalue weighted by atomic mass is 10.1. The Morgan fingerprint density at radius 3 is 1.63 bits per heavy atom. The molecule has 2 aromatic rings. The van der Waals surface area contributed by atoms with Gasteiger partial charge < -0.3 is 0 Å². The fourth-order valence-corrected chi connectivity index (χ4v) is 3.65. The molecule has 2 amide bonds. The molecule has 0 aliphatic carbocycles. The maximum absolute atomic E-state index is 12.2. The Bertz CT molecular complexity index is 934. The lowest BCUT2D eigenvalue weighted by molar-refractivity contribution is 0.0846. The number of nitrogens with one attached hydrogen (secondary N) is 3. The summed E-state index contributed by atoms with van der Waals surface area (Å²) >= 11 is 5.76. The van der Waals surface area contributed by atoms with E-state index in [0.717, 1.165) is 0 Å². The van der Waals surface area contributed by atoms with Crippen LogP contribution < -0.4 is 15.6 Å². The highest BCUT2D eigenvalue weighted by molar-refractivity contribution is 7.89. The smallest absolute Gasteiger partial charge is 0.267 e. The van der Waals surface area contributed by atoms with Gasteiger partial charge in [0, 0.05) is 21.7 Å². The Morgan fingerprint density at radius 1 is 0.815 bits per heavy atom. The topological polar surface area (TPSA) is 104 Å². The van der Waals surface area contributed by atoms with Gasteiger partial charge in [0.25, 0.3) is 11.8 Å². The van der Waals surface area contributed by atoms with Gasteiger partial charge in [-0.2, -0.15) is 0 Å². The lowest BCUT2D eigenvalue weighted by Gasteiger charge is -2.20. The van der Waals surface area contributed by atoms with Crippen LogP contribution in [0.25, 0.3) is 0 Å². The minimum absolute atomic E-state index is 0.0409. The Morgan fingerprint density at radius 2 is 1.22 bits per heavy atom. The zero-order valence-corrected chi connectivity index (χ0v) is 16.6. The van der Waals surface area contributed by atoms with Gasteiger partial charge in [0.1, 0.15) is 0 Å². The summed E-state index contributed by atoms with van der Waals surface area (Å²) in [7, 11) is -3.69. The fourth-order valence-electron chi connectivity index (χ4n) is 2.11. The molecule has 9 heteroatoms. The van der Waals surface area contributed by atoms with Gasteiger partial charge in [0.15, 0.2) is 0 Å². The molecule has 0 aromatic heterocycles. The Balaban J connectivity index is 2.01. The SMILES string of the molecule is CC(C)(C)NS(=O)(=O)c1ccc(C(=O)NNC(=O)c2ccc(Cl)cc2)cc1. The molecule has 0 unspecified atom stereocenters. The van der Waals surface area contributed by atoms with E-state index in [4.69, 9.17) is 11.6 Å². The third-order valence-corrected chi connectivity index (χ3v) is 5.29. The molecule has 0 saturated carbocycles. The molecule has 2 aromatic carbocycles. The molecule has 0 heterocycles. The average molecular weight is 410 g/mol. The second kappa shape index (κ2) is 8.08. The molecule has 3 N–H and O–H groups in total. The highest BCUT2D eigenvalue weighted by Crippen LogP contribution is 2.14. The molecule has 0 saturated heterocycles. The first kappa shape index (κ1) is 20.9. The minimum atomic E-state index is -3.69. The monoisotopic (exact) mass is 409 g/mol. The Hall–Kier alpha value is -2.42. The highest BCUT2D eigenvalue weighted by Gasteiger charge is 2.22. The molecule has 2 rings (SSSR count). The van der Waals surface area contributed by atoms with Crippen LogP contribution in [0.1, 0.15) is 41.5 Å².